The Morgan fingerprint density at radius 2 is 1.91 bits per heavy atom. The monoisotopic (exact) mass is 585 g/mol. The van der Waals surface area contributed by atoms with E-state index in [2.05, 4.69) is 21.8 Å². The molecule has 1 saturated heterocycles. The molecule has 1 aliphatic rings. The van der Waals surface area contributed by atoms with Gasteiger partial charge in [-0.1, -0.05) is 30.8 Å². The fourth-order valence-electron chi connectivity index (χ4n) is 5.09. The number of aromatic nitrogens is 1. The van der Waals surface area contributed by atoms with Crippen molar-refractivity contribution in [1.29, 1.82) is 5.26 Å². The van der Waals surface area contributed by atoms with Gasteiger partial charge in [0.15, 0.2) is 0 Å². The number of nitriles is 1. The number of likely N-dealkylation sites (tertiary alicyclic amines) is 1. The van der Waals surface area contributed by atoms with E-state index in [0.29, 0.717) is 34.8 Å². The number of anilines is 1. The molecule has 3 aromatic rings. The Labute approximate surface area is 252 Å². The second kappa shape index (κ2) is 13.7. The molecule has 1 aromatic heterocycles. The van der Waals surface area contributed by atoms with E-state index < -0.39 is 11.7 Å². The summed E-state index contributed by atoms with van der Waals surface area (Å²) in [6.45, 7) is 11.4. The maximum Gasteiger partial charge on any atom is 0.415 e. The summed E-state index contributed by atoms with van der Waals surface area (Å²) >= 11 is 0. The van der Waals surface area contributed by atoms with Crippen molar-refractivity contribution >= 4 is 28.5 Å². The van der Waals surface area contributed by atoms with E-state index in [1.165, 1.54) is 12.0 Å². The first kappa shape index (κ1) is 31.5. The minimum Gasteiger partial charge on any atom is -0.495 e. The molecule has 0 bridgehead atoms. The van der Waals surface area contributed by atoms with Crippen LogP contribution in [0.5, 0.6) is 5.75 Å². The van der Waals surface area contributed by atoms with Crippen molar-refractivity contribution in [3.05, 3.63) is 66.4 Å². The average Bonchev–Trinajstić information content (AvgIpc) is 2.99. The van der Waals surface area contributed by atoms with Gasteiger partial charge in [-0.3, -0.25) is 9.69 Å². The van der Waals surface area contributed by atoms with Crippen LogP contribution in [0.1, 0.15) is 44.1 Å². The number of carbonyl (C=O) groups excluding carboxylic acids is 2. The molecule has 0 atom stereocenters. The number of aliphatic hydroxyl groups is 1. The van der Waals surface area contributed by atoms with Crippen LogP contribution in [0.2, 0.25) is 0 Å². The van der Waals surface area contributed by atoms with Crippen molar-refractivity contribution in [2.24, 2.45) is 0 Å². The molecule has 1 fully saturated rings. The smallest absolute Gasteiger partial charge is 0.415 e. The molecule has 0 spiro atoms. The van der Waals surface area contributed by atoms with Crippen LogP contribution >= 0.6 is 0 Å². The third-order valence-electron chi connectivity index (χ3n) is 7.18. The molecule has 43 heavy (non-hydrogen) atoms. The van der Waals surface area contributed by atoms with Crippen molar-refractivity contribution in [3.8, 4) is 23.1 Å². The van der Waals surface area contributed by atoms with E-state index in [1.54, 1.807) is 39.0 Å². The molecule has 4 rings (SSSR count). The highest BCUT2D eigenvalue weighted by molar-refractivity contribution is 6.06. The first-order valence-corrected chi connectivity index (χ1v) is 14.3. The Morgan fingerprint density at radius 1 is 1.19 bits per heavy atom. The number of aliphatic hydroxyl groups excluding tert-OH is 1. The van der Waals surface area contributed by atoms with Gasteiger partial charge in [0.05, 0.1) is 37.7 Å². The molecule has 2 aromatic carbocycles. The lowest BCUT2D eigenvalue weighted by molar-refractivity contribution is 0.0583. The van der Waals surface area contributed by atoms with Gasteiger partial charge in [0.2, 0.25) is 0 Å². The number of carbonyl (C=O) groups is 2. The molecule has 0 unspecified atom stereocenters. The van der Waals surface area contributed by atoms with E-state index in [1.807, 2.05) is 36.4 Å². The van der Waals surface area contributed by atoms with Gasteiger partial charge in [0, 0.05) is 42.2 Å². The number of nitrogens with one attached hydrogen (secondary N) is 1. The Balaban J connectivity index is 1.69. The van der Waals surface area contributed by atoms with Gasteiger partial charge in [0.1, 0.15) is 17.0 Å². The molecule has 10 nitrogen and oxygen atoms in total. The molecule has 1 aliphatic heterocycles. The Bertz CT molecular complexity index is 1530. The zero-order valence-electron chi connectivity index (χ0n) is 25.2. The van der Waals surface area contributed by atoms with Crippen molar-refractivity contribution in [2.75, 3.05) is 44.8 Å². The lowest BCUT2D eigenvalue weighted by Crippen LogP contribution is -2.45. The summed E-state index contributed by atoms with van der Waals surface area (Å²) < 4.78 is 11.4. The maximum atomic E-state index is 13.4. The van der Waals surface area contributed by atoms with Crippen LogP contribution in [0.3, 0.4) is 0 Å². The van der Waals surface area contributed by atoms with Gasteiger partial charge < -0.3 is 24.8 Å². The van der Waals surface area contributed by atoms with Crippen molar-refractivity contribution in [1.82, 2.24) is 15.2 Å². The second-order valence-electron chi connectivity index (χ2n) is 11.6. The third-order valence-corrected chi connectivity index (χ3v) is 7.18. The largest absolute Gasteiger partial charge is 0.495 e. The lowest BCUT2D eigenvalue weighted by Gasteiger charge is -2.31. The summed E-state index contributed by atoms with van der Waals surface area (Å²) in [6, 6.07) is 16.7. The molecule has 0 radical (unpaired) electrons. The number of ether oxygens (including phenoxy) is 2. The maximum absolute atomic E-state index is 13.4. The van der Waals surface area contributed by atoms with Gasteiger partial charge in [0.25, 0.3) is 5.91 Å². The summed E-state index contributed by atoms with van der Waals surface area (Å²) in [7, 11) is 1.51. The quantitative estimate of drug-likeness (QED) is 0.339. The number of hydrogen-bond donors (Lipinski definition) is 2. The minimum atomic E-state index is -0.770. The number of piperidine rings is 1. The SMILES string of the molecule is C=C(C#N)CN(C(=O)OC(C)(C)C)c1c(OC)ccc2ccc(-c3cccc(C(=O)NC4CCN(CCO)CC4)n3)cc12. The van der Waals surface area contributed by atoms with E-state index in [-0.39, 0.29) is 30.7 Å². The first-order valence-electron chi connectivity index (χ1n) is 14.3. The molecule has 2 heterocycles. The van der Waals surface area contributed by atoms with Crippen LogP contribution in [0.25, 0.3) is 22.0 Å². The first-order chi connectivity index (χ1) is 20.5. The van der Waals surface area contributed by atoms with E-state index in [9.17, 15) is 20.0 Å². The predicted molar refractivity (Wildman–Crippen MR) is 166 cm³/mol. The number of benzene rings is 2. The van der Waals surface area contributed by atoms with Crippen LogP contribution in [-0.4, -0.2) is 78.5 Å². The lowest BCUT2D eigenvalue weighted by atomic mass is 10.0. The minimum absolute atomic E-state index is 0.0468. The normalized spacial score (nSPS) is 14.1. The summed E-state index contributed by atoms with van der Waals surface area (Å²) in [5.74, 6) is 0.184. The zero-order chi connectivity index (χ0) is 31.1. The summed E-state index contributed by atoms with van der Waals surface area (Å²) in [5, 5.41) is 23.3. The van der Waals surface area contributed by atoms with Crippen LogP contribution in [-0.2, 0) is 4.74 Å². The second-order valence-corrected chi connectivity index (χ2v) is 11.6. The molecular weight excluding hydrogens is 546 g/mol. The van der Waals surface area contributed by atoms with Crippen LogP contribution in [0.4, 0.5) is 10.5 Å². The predicted octanol–water partition coefficient (Wildman–Crippen LogP) is 4.92. The van der Waals surface area contributed by atoms with E-state index >= 15 is 0 Å². The number of hydrogen-bond acceptors (Lipinski definition) is 8. The van der Waals surface area contributed by atoms with E-state index in [0.717, 1.165) is 36.9 Å². The number of nitrogens with zero attached hydrogens (tertiary/aromatic N) is 4. The number of fused-ring (bicyclic) bond motifs is 1. The standard InChI is InChI=1S/C33H39N5O5/c1-22(20-34)21-38(32(41)43-33(2,3)4)30-26-19-24(10-9-23(26)11-12-29(30)42-5)27-7-6-8-28(36-27)31(40)35-25-13-15-37(16-14-25)17-18-39/h6-12,19,25,39H,1,13-18,21H2,2-5H3,(H,35,40). The van der Waals surface area contributed by atoms with Crippen LogP contribution in [0.15, 0.2) is 60.7 Å². The fraction of sp³-hybridized carbons (Fsp3) is 0.394. The molecule has 2 N–H and O–H groups in total. The van der Waals surface area contributed by atoms with Crippen molar-refractivity contribution < 1.29 is 24.2 Å². The number of amides is 2. The molecular formula is C33H39N5O5. The number of rotatable bonds is 9. The topological polar surface area (TPSA) is 128 Å². The Hall–Kier alpha value is -4.46. The van der Waals surface area contributed by atoms with Crippen molar-refractivity contribution in [2.45, 2.75) is 45.3 Å². The average molecular weight is 586 g/mol. The zero-order valence-corrected chi connectivity index (χ0v) is 25.2. The molecule has 226 valence electrons. The van der Waals surface area contributed by atoms with Crippen molar-refractivity contribution in [3.63, 3.8) is 0 Å². The Morgan fingerprint density at radius 3 is 2.56 bits per heavy atom. The van der Waals surface area contributed by atoms with Gasteiger partial charge >= 0.3 is 6.09 Å². The van der Waals surface area contributed by atoms with Crippen LogP contribution < -0.4 is 15.0 Å². The summed E-state index contributed by atoms with van der Waals surface area (Å²) in [5.41, 5.74) is 1.48. The third kappa shape index (κ3) is 7.89. The molecule has 2 amide bonds. The summed E-state index contributed by atoms with van der Waals surface area (Å²) in [6.07, 6.45) is 0.985. The highest BCUT2D eigenvalue weighted by atomic mass is 16.6. The molecule has 10 heteroatoms. The van der Waals surface area contributed by atoms with Crippen LogP contribution in [0, 0.1) is 11.3 Å². The number of β-amino-alcohol motifs (C(OH)–C–C–N with tert-alkyl or cyclic N) is 1. The fourth-order valence-corrected chi connectivity index (χ4v) is 5.09. The highest BCUT2D eigenvalue weighted by Crippen LogP contribution is 2.39. The van der Waals surface area contributed by atoms with E-state index in [4.69, 9.17) is 9.47 Å². The highest BCUT2D eigenvalue weighted by Gasteiger charge is 2.28. The molecule has 0 aliphatic carbocycles. The Kier molecular flexibility index (Phi) is 10.0. The molecule has 0 saturated carbocycles. The van der Waals surface area contributed by atoms with Gasteiger partial charge in [-0.25, -0.2) is 9.78 Å². The number of pyridine rings is 1. The number of methoxy groups -OCH3 is 1. The van der Waals surface area contributed by atoms with Gasteiger partial charge in [-0.05, 0) is 63.3 Å². The van der Waals surface area contributed by atoms with Gasteiger partial charge in [-0.15, -0.1) is 0 Å². The van der Waals surface area contributed by atoms with Gasteiger partial charge in [-0.2, -0.15) is 5.26 Å². The summed E-state index contributed by atoms with van der Waals surface area (Å²) in [4.78, 5) is 34.8.